The van der Waals surface area contributed by atoms with Gasteiger partial charge in [0, 0.05) is 19.6 Å². The Morgan fingerprint density at radius 3 is 2.63 bits per heavy atom. The third-order valence-electron chi connectivity index (χ3n) is 2.71. The van der Waals surface area contributed by atoms with Gasteiger partial charge in [-0.05, 0) is 47.9 Å². The molecule has 0 aliphatic carbocycles. The molecule has 3 aromatic rings. The van der Waals surface area contributed by atoms with Crippen LogP contribution in [0.4, 0.5) is 0 Å². The van der Waals surface area contributed by atoms with Crippen molar-refractivity contribution < 1.29 is 4.74 Å². The molecule has 3 rings (SSSR count). The topological polar surface area (TPSA) is 9.23 Å². The van der Waals surface area contributed by atoms with Crippen LogP contribution in [0.3, 0.4) is 0 Å². The third-order valence-corrected chi connectivity index (χ3v) is 4.27. The molecule has 1 heterocycles. The summed E-state index contributed by atoms with van der Waals surface area (Å²) in [6.07, 6.45) is 0. The van der Waals surface area contributed by atoms with Crippen LogP contribution in [0.25, 0.3) is 10.1 Å². The van der Waals surface area contributed by atoms with Gasteiger partial charge in [0.15, 0.2) is 0 Å². The Morgan fingerprint density at radius 2 is 1.79 bits per heavy atom. The normalized spacial score (nSPS) is 10.8. The quantitative estimate of drug-likeness (QED) is 0.595. The predicted octanol–water partition coefficient (Wildman–Crippen LogP) is 5.79. The van der Waals surface area contributed by atoms with Gasteiger partial charge in [-0.25, -0.2) is 0 Å². The Labute approximate surface area is 125 Å². The summed E-state index contributed by atoms with van der Waals surface area (Å²) in [5.41, 5.74) is 0. The maximum atomic E-state index is 5.98. The van der Waals surface area contributed by atoms with E-state index in [4.69, 9.17) is 27.9 Å². The molecule has 0 fully saturated rings. The second-order valence-corrected chi connectivity index (χ2v) is 6.18. The molecule has 0 aliphatic rings. The molecule has 0 spiro atoms. The lowest BCUT2D eigenvalue weighted by Crippen LogP contribution is -1.92. The number of rotatable bonds is 3. The zero-order chi connectivity index (χ0) is 13.2. The van der Waals surface area contributed by atoms with Gasteiger partial charge in [-0.3, -0.25) is 0 Å². The van der Waals surface area contributed by atoms with Gasteiger partial charge in [0.2, 0.25) is 0 Å². The second kappa shape index (κ2) is 5.41. The summed E-state index contributed by atoms with van der Waals surface area (Å²) in [5, 5.41) is 2.59. The number of thiophene rings is 1. The minimum absolute atomic E-state index is 0.539. The summed E-state index contributed by atoms with van der Waals surface area (Å²) in [4.78, 5) is 1.16. The molecule has 96 valence electrons. The Morgan fingerprint density at radius 1 is 0.947 bits per heavy atom. The first-order valence-electron chi connectivity index (χ1n) is 5.77. The second-order valence-electron chi connectivity index (χ2n) is 4.14. The predicted molar refractivity (Wildman–Crippen MR) is 82.6 cm³/mol. The lowest BCUT2D eigenvalue weighted by Gasteiger charge is -2.04. The average Bonchev–Trinajstić information content (AvgIpc) is 2.78. The van der Waals surface area contributed by atoms with E-state index in [-0.39, 0.29) is 0 Å². The van der Waals surface area contributed by atoms with Crippen LogP contribution in [0.15, 0.2) is 48.5 Å². The van der Waals surface area contributed by atoms with Gasteiger partial charge in [0.05, 0.1) is 0 Å². The van der Waals surface area contributed by atoms with Crippen molar-refractivity contribution in [3.05, 3.63) is 63.5 Å². The summed E-state index contributed by atoms with van der Waals surface area (Å²) in [6, 6.07) is 15.4. The number of ether oxygens (including phenoxy) is 1. The zero-order valence-corrected chi connectivity index (χ0v) is 12.2. The van der Waals surface area contributed by atoms with Crippen molar-refractivity contribution in [3.63, 3.8) is 0 Å². The van der Waals surface area contributed by atoms with Crippen LogP contribution in [0.1, 0.15) is 4.88 Å². The van der Waals surface area contributed by atoms with Crippen LogP contribution in [-0.2, 0) is 6.61 Å². The van der Waals surface area contributed by atoms with Gasteiger partial charge >= 0.3 is 0 Å². The smallest absolute Gasteiger partial charge is 0.122 e. The summed E-state index contributed by atoms with van der Waals surface area (Å²) in [6.45, 7) is 0.539. The van der Waals surface area contributed by atoms with E-state index in [0.29, 0.717) is 11.6 Å². The average molecular weight is 309 g/mol. The molecular formula is C15H10Cl2OS. The highest BCUT2D eigenvalue weighted by atomic mass is 35.5. The first kappa shape index (κ1) is 12.8. The molecule has 1 nitrogen and oxygen atoms in total. The maximum Gasteiger partial charge on any atom is 0.122 e. The molecule has 19 heavy (non-hydrogen) atoms. The van der Waals surface area contributed by atoms with Crippen LogP contribution in [0.5, 0.6) is 5.75 Å². The van der Waals surface area contributed by atoms with Crippen LogP contribution < -0.4 is 4.74 Å². The molecular weight excluding hydrogens is 299 g/mol. The molecule has 4 heteroatoms. The van der Waals surface area contributed by atoms with E-state index in [1.165, 1.54) is 4.70 Å². The van der Waals surface area contributed by atoms with Gasteiger partial charge in [-0.15, -0.1) is 11.3 Å². The summed E-state index contributed by atoms with van der Waals surface area (Å²) in [7, 11) is 0. The van der Waals surface area contributed by atoms with E-state index in [9.17, 15) is 0 Å². The van der Waals surface area contributed by atoms with E-state index < -0.39 is 0 Å². The van der Waals surface area contributed by atoms with Gasteiger partial charge in [0.1, 0.15) is 12.4 Å². The van der Waals surface area contributed by atoms with E-state index in [1.54, 1.807) is 11.3 Å². The van der Waals surface area contributed by atoms with Crippen molar-refractivity contribution >= 4 is 44.6 Å². The molecule has 0 N–H and O–H groups in total. The van der Waals surface area contributed by atoms with Crippen molar-refractivity contribution in [2.75, 3.05) is 0 Å². The largest absolute Gasteiger partial charge is 0.488 e. The molecule has 0 aliphatic heterocycles. The Bertz CT molecular complexity index is 721. The zero-order valence-electron chi connectivity index (χ0n) is 9.90. The van der Waals surface area contributed by atoms with Gasteiger partial charge in [-0.2, -0.15) is 0 Å². The van der Waals surface area contributed by atoms with Crippen molar-refractivity contribution in [3.8, 4) is 5.75 Å². The van der Waals surface area contributed by atoms with Crippen molar-refractivity contribution in [1.82, 2.24) is 0 Å². The summed E-state index contributed by atoms with van der Waals surface area (Å²) >= 11 is 13.6. The Hall–Kier alpha value is -1.22. The Kier molecular flexibility index (Phi) is 3.65. The van der Waals surface area contributed by atoms with Crippen molar-refractivity contribution in [1.29, 1.82) is 0 Å². The van der Waals surface area contributed by atoms with E-state index in [1.807, 2.05) is 42.5 Å². The fourth-order valence-electron chi connectivity index (χ4n) is 1.85. The first-order chi connectivity index (χ1) is 9.20. The van der Waals surface area contributed by atoms with Crippen molar-refractivity contribution in [2.45, 2.75) is 6.61 Å². The molecule has 0 unspecified atom stereocenters. The number of halogens is 2. The van der Waals surface area contributed by atoms with Crippen LogP contribution in [-0.4, -0.2) is 0 Å². The molecule has 0 atom stereocenters. The SMILES string of the molecule is Clc1cccc(OCc2cc3cc(Cl)ccc3s2)c1. The van der Waals surface area contributed by atoms with E-state index >= 15 is 0 Å². The van der Waals surface area contributed by atoms with Crippen molar-refractivity contribution in [2.24, 2.45) is 0 Å². The molecule has 0 radical (unpaired) electrons. The van der Waals surface area contributed by atoms with Crippen LogP contribution in [0.2, 0.25) is 10.0 Å². The third kappa shape index (κ3) is 3.03. The first-order valence-corrected chi connectivity index (χ1v) is 7.34. The monoisotopic (exact) mass is 308 g/mol. The number of hydrogen-bond donors (Lipinski definition) is 0. The minimum atomic E-state index is 0.539. The molecule has 0 bridgehead atoms. The summed E-state index contributed by atoms with van der Waals surface area (Å²) in [5.74, 6) is 0.781. The molecule has 0 saturated heterocycles. The lowest BCUT2D eigenvalue weighted by molar-refractivity contribution is 0.310. The van der Waals surface area contributed by atoms with E-state index in [2.05, 4.69) is 6.07 Å². The van der Waals surface area contributed by atoms with E-state index in [0.717, 1.165) is 21.0 Å². The fourth-order valence-corrected chi connectivity index (χ4v) is 3.17. The standard InChI is InChI=1S/C15H10Cl2OS/c16-11-2-1-3-13(8-11)18-9-14-7-10-6-12(17)4-5-15(10)19-14/h1-8H,9H2. The molecule has 2 aromatic carbocycles. The molecule has 1 aromatic heterocycles. The minimum Gasteiger partial charge on any atom is -0.488 e. The highest BCUT2D eigenvalue weighted by Gasteiger charge is 2.03. The van der Waals surface area contributed by atoms with Crippen LogP contribution >= 0.6 is 34.5 Å². The number of benzene rings is 2. The van der Waals surface area contributed by atoms with Gasteiger partial charge in [-0.1, -0.05) is 29.3 Å². The summed E-state index contributed by atoms with van der Waals surface area (Å²) < 4.78 is 6.94. The Balaban J connectivity index is 1.78. The highest BCUT2D eigenvalue weighted by Crippen LogP contribution is 2.29. The maximum absolute atomic E-state index is 5.98. The van der Waals surface area contributed by atoms with Gasteiger partial charge in [0.25, 0.3) is 0 Å². The van der Waals surface area contributed by atoms with Gasteiger partial charge < -0.3 is 4.74 Å². The highest BCUT2D eigenvalue weighted by molar-refractivity contribution is 7.19. The molecule has 0 saturated carbocycles. The lowest BCUT2D eigenvalue weighted by atomic mass is 10.2. The number of hydrogen-bond acceptors (Lipinski definition) is 2. The van der Waals surface area contributed by atoms with Crippen LogP contribution in [0, 0.1) is 0 Å². The molecule has 0 amide bonds. The number of fused-ring (bicyclic) bond motifs is 1. The fraction of sp³-hybridized carbons (Fsp3) is 0.0667.